The summed E-state index contributed by atoms with van der Waals surface area (Å²) in [7, 11) is 0. The smallest absolute Gasteiger partial charge is 0.275 e. The van der Waals surface area contributed by atoms with Crippen LogP contribution < -0.4 is 16.2 Å². The number of carbonyl (C=O) groups is 2. The molecule has 184 valence electrons. The molecule has 35 heavy (non-hydrogen) atoms. The van der Waals surface area contributed by atoms with Crippen LogP contribution in [-0.2, 0) is 4.79 Å². The molecule has 1 aromatic heterocycles. The molecule has 0 saturated carbocycles. The van der Waals surface area contributed by atoms with E-state index in [2.05, 4.69) is 39.3 Å². The van der Waals surface area contributed by atoms with Crippen LogP contribution in [0.4, 0.5) is 5.69 Å². The van der Waals surface area contributed by atoms with Crippen molar-refractivity contribution in [3.05, 3.63) is 58.4 Å². The molecule has 2 unspecified atom stereocenters. The van der Waals surface area contributed by atoms with E-state index in [4.69, 9.17) is 0 Å². The number of para-hydroxylation sites is 1. The molecule has 0 spiro atoms. The lowest BCUT2D eigenvalue weighted by atomic mass is 9.92. The number of nitrogens with zero attached hydrogens (tertiary/aromatic N) is 2. The van der Waals surface area contributed by atoms with Crippen molar-refractivity contribution in [2.75, 3.05) is 31.5 Å². The molecule has 2 atom stereocenters. The van der Waals surface area contributed by atoms with Crippen LogP contribution in [0, 0.1) is 11.8 Å². The largest absolute Gasteiger partial charge is 0.352 e. The summed E-state index contributed by atoms with van der Waals surface area (Å²) >= 11 is 0. The van der Waals surface area contributed by atoms with Crippen molar-refractivity contribution >= 4 is 28.5 Å². The first kappa shape index (κ1) is 24.6. The van der Waals surface area contributed by atoms with Gasteiger partial charge in [0.25, 0.3) is 11.5 Å². The fraction of sp³-hybridized carbons (Fsp3) is 0.407. The zero-order chi connectivity index (χ0) is 24.9. The first-order valence-corrected chi connectivity index (χ1v) is 12.2. The number of aromatic amines is 1. The van der Waals surface area contributed by atoms with Gasteiger partial charge in [-0.3, -0.25) is 14.4 Å². The van der Waals surface area contributed by atoms with Gasteiger partial charge in [0.1, 0.15) is 5.69 Å². The van der Waals surface area contributed by atoms with E-state index in [0.717, 1.165) is 37.9 Å². The molecular weight excluding hydrogens is 442 g/mol. The van der Waals surface area contributed by atoms with Gasteiger partial charge in [0, 0.05) is 37.7 Å². The van der Waals surface area contributed by atoms with Gasteiger partial charge in [-0.05, 0) is 55.5 Å². The fourth-order valence-corrected chi connectivity index (χ4v) is 4.98. The zero-order valence-electron chi connectivity index (χ0n) is 20.6. The Morgan fingerprint density at radius 2 is 1.86 bits per heavy atom. The summed E-state index contributed by atoms with van der Waals surface area (Å²) in [6, 6.07) is 12.1. The highest BCUT2D eigenvalue weighted by atomic mass is 16.2. The van der Waals surface area contributed by atoms with Crippen molar-refractivity contribution in [1.29, 1.82) is 0 Å². The Balaban J connectivity index is 1.43. The van der Waals surface area contributed by atoms with Gasteiger partial charge in [-0.1, -0.05) is 32.0 Å². The predicted octanol–water partition coefficient (Wildman–Crippen LogP) is 3.65. The van der Waals surface area contributed by atoms with Gasteiger partial charge in [0.05, 0.1) is 16.7 Å². The summed E-state index contributed by atoms with van der Waals surface area (Å²) in [5.41, 5.74) is 2.38. The highest BCUT2D eigenvalue weighted by molar-refractivity contribution is 5.98. The van der Waals surface area contributed by atoms with Crippen LogP contribution in [0.25, 0.3) is 22.3 Å². The van der Waals surface area contributed by atoms with Crippen molar-refractivity contribution in [2.45, 2.75) is 33.6 Å². The van der Waals surface area contributed by atoms with Crippen LogP contribution in [-0.4, -0.2) is 52.9 Å². The SMILES string of the molecule is CC(=O)Nc1ccccc1-c1nc2ccc(C(=O)NCCCN3CC(C)CC(C)C3)cc2[nH]c1=O. The number of aromatic nitrogens is 2. The second-order valence-corrected chi connectivity index (χ2v) is 9.69. The van der Waals surface area contributed by atoms with E-state index >= 15 is 0 Å². The number of H-pyrrole nitrogens is 1. The predicted molar refractivity (Wildman–Crippen MR) is 138 cm³/mol. The number of carbonyl (C=O) groups excluding carboxylic acids is 2. The molecule has 0 bridgehead atoms. The van der Waals surface area contributed by atoms with E-state index < -0.39 is 5.56 Å². The third-order valence-corrected chi connectivity index (χ3v) is 6.33. The molecule has 3 aromatic rings. The number of hydrogen-bond acceptors (Lipinski definition) is 5. The number of rotatable bonds is 7. The quantitative estimate of drug-likeness (QED) is 0.452. The maximum atomic E-state index is 12.8. The molecule has 2 heterocycles. The Labute approximate surface area is 205 Å². The minimum Gasteiger partial charge on any atom is -0.352 e. The van der Waals surface area contributed by atoms with Crippen LogP contribution in [0.5, 0.6) is 0 Å². The summed E-state index contributed by atoms with van der Waals surface area (Å²) in [5.74, 6) is 1.04. The molecule has 8 nitrogen and oxygen atoms in total. The van der Waals surface area contributed by atoms with Crippen molar-refractivity contribution in [3.63, 3.8) is 0 Å². The number of hydrogen-bond donors (Lipinski definition) is 3. The van der Waals surface area contributed by atoms with E-state index in [1.807, 2.05) is 0 Å². The highest BCUT2D eigenvalue weighted by Crippen LogP contribution is 2.25. The summed E-state index contributed by atoms with van der Waals surface area (Å²) < 4.78 is 0. The van der Waals surface area contributed by atoms with Crippen LogP contribution in [0.15, 0.2) is 47.3 Å². The van der Waals surface area contributed by atoms with Crippen LogP contribution in [0.2, 0.25) is 0 Å². The number of benzene rings is 2. The van der Waals surface area contributed by atoms with Crippen LogP contribution in [0.1, 0.15) is 44.0 Å². The van der Waals surface area contributed by atoms with E-state index in [9.17, 15) is 14.4 Å². The number of fused-ring (bicyclic) bond motifs is 1. The Kier molecular flexibility index (Phi) is 7.60. The van der Waals surface area contributed by atoms with Crippen molar-refractivity contribution in [3.8, 4) is 11.3 Å². The molecule has 0 aliphatic carbocycles. The number of anilines is 1. The van der Waals surface area contributed by atoms with Crippen molar-refractivity contribution in [1.82, 2.24) is 20.2 Å². The summed E-state index contributed by atoms with van der Waals surface area (Å²) in [4.78, 5) is 46.9. The van der Waals surface area contributed by atoms with Crippen LogP contribution in [0.3, 0.4) is 0 Å². The number of piperidine rings is 1. The molecule has 3 N–H and O–H groups in total. The van der Waals surface area contributed by atoms with Gasteiger partial charge in [-0.15, -0.1) is 0 Å². The zero-order valence-corrected chi connectivity index (χ0v) is 20.6. The second-order valence-electron chi connectivity index (χ2n) is 9.69. The average molecular weight is 476 g/mol. The summed E-state index contributed by atoms with van der Waals surface area (Å²) in [6.45, 7) is 9.84. The van der Waals surface area contributed by atoms with Crippen molar-refractivity contribution in [2.24, 2.45) is 11.8 Å². The first-order chi connectivity index (χ1) is 16.8. The molecule has 1 aliphatic heterocycles. The summed E-state index contributed by atoms with van der Waals surface area (Å²) in [6.07, 6.45) is 2.18. The third kappa shape index (κ3) is 6.14. The van der Waals surface area contributed by atoms with Gasteiger partial charge in [-0.25, -0.2) is 4.98 Å². The third-order valence-electron chi connectivity index (χ3n) is 6.33. The second kappa shape index (κ2) is 10.8. The van der Waals surface area contributed by atoms with E-state index in [1.54, 1.807) is 42.5 Å². The Morgan fingerprint density at radius 1 is 1.11 bits per heavy atom. The van der Waals surface area contributed by atoms with Crippen LogP contribution >= 0.6 is 0 Å². The van der Waals surface area contributed by atoms with E-state index in [-0.39, 0.29) is 17.5 Å². The molecule has 1 saturated heterocycles. The van der Waals surface area contributed by atoms with Gasteiger partial charge in [-0.2, -0.15) is 0 Å². The molecular formula is C27H33N5O3. The maximum Gasteiger partial charge on any atom is 0.275 e. The van der Waals surface area contributed by atoms with E-state index in [1.165, 1.54) is 13.3 Å². The lowest BCUT2D eigenvalue weighted by molar-refractivity contribution is -0.114. The Bertz CT molecular complexity index is 1280. The minimum atomic E-state index is -0.391. The highest BCUT2D eigenvalue weighted by Gasteiger charge is 2.21. The number of amides is 2. The number of nitrogens with one attached hydrogen (secondary N) is 3. The van der Waals surface area contributed by atoms with Gasteiger partial charge < -0.3 is 20.5 Å². The first-order valence-electron chi connectivity index (χ1n) is 12.2. The van der Waals surface area contributed by atoms with E-state index in [0.29, 0.717) is 34.4 Å². The number of likely N-dealkylation sites (tertiary alicyclic amines) is 1. The Hall–Kier alpha value is -3.52. The molecule has 0 radical (unpaired) electrons. The lowest BCUT2D eigenvalue weighted by Gasteiger charge is -2.34. The monoisotopic (exact) mass is 475 g/mol. The average Bonchev–Trinajstić information content (AvgIpc) is 2.80. The lowest BCUT2D eigenvalue weighted by Crippen LogP contribution is -2.40. The van der Waals surface area contributed by atoms with Gasteiger partial charge in [0.15, 0.2) is 0 Å². The molecule has 2 aromatic carbocycles. The topological polar surface area (TPSA) is 107 Å². The van der Waals surface area contributed by atoms with Gasteiger partial charge >= 0.3 is 0 Å². The summed E-state index contributed by atoms with van der Waals surface area (Å²) in [5, 5.41) is 5.72. The standard InChI is InChI=1S/C27H33N5O3/c1-17-13-18(2)16-32(15-17)12-6-11-28-26(34)20-9-10-23-24(14-20)31-27(35)25(30-23)21-7-4-5-8-22(21)29-19(3)33/h4-5,7-10,14,17-18H,6,11-13,15-16H2,1-3H3,(H,28,34)(H,29,33)(H,31,35). The molecule has 4 rings (SSSR count). The maximum absolute atomic E-state index is 12.8. The van der Waals surface area contributed by atoms with Gasteiger partial charge in [0.2, 0.25) is 5.91 Å². The molecule has 1 aliphatic rings. The normalized spacial score (nSPS) is 18.4. The van der Waals surface area contributed by atoms with Crippen molar-refractivity contribution < 1.29 is 9.59 Å². The molecule has 1 fully saturated rings. The fourth-order valence-electron chi connectivity index (χ4n) is 4.98. The minimum absolute atomic E-state index is 0.173. The Morgan fingerprint density at radius 3 is 2.60 bits per heavy atom. The molecule has 2 amide bonds. The molecule has 8 heteroatoms.